The molecular weight excluding hydrogens is 298 g/mol. The van der Waals surface area contributed by atoms with Crippen molar-refractivity contribution in [2.45, 2.75) is 0 Å². The van der Waals surface area contributed by atoms with Gasteiger partial charge in [0.15, 0.2) is 0 Å². The number of phosphoric ester groups is 1. The van der Waals surface area contributed by atoms with E-state index >= 15 is 0 Å². The van der Waals surface area contributed by atoms with Gasteiger partial charge in [-0.2, -0.15) is 15.0 Å². The zero-order valence-corrected chi connectivity index (χ0v) is 8.98. The van der Waals surface area contributed by atoms with Crippen molar-refractivity contribution in [3.05, 3.63) is 0 Å². The van der Waals surface area contributed by atoms with E-state index in [9.17, 15) is 9.36 Å². The Morgan fingerprint density at radius 3 is 1.44 bits per heavy atom. The first kappa shape index (κ1) is 19.8. The Labute approximate surface area is 143 Å². The molecular formula is C4H10KN6O6P. The normalized spacial score (nSPS) is 9.44. The Kier molecular flexibility index (Phi) is 9.40. The fourth-order valence-electron chi connectivity index (χ4n) is 0.529. The van der Waals surface area contributed by atoms with Crippen molar-refractivity contribution in [1.29, 1.82) is 0 Å². The summed E-state index contributed by atoms with van der Waals surface area (Å²) in [6, 6.07) is 0. The summed E-state index contributed by atoms with van der Waals surface area (Å²) in [6.45, 7) is 0. The van der Waals surface area contributed by atoms with Gasteiger partial charge in [0, 0.05) is 0 Å². The molecule has 0 unspecified atom stereocenters. The number of carboxylic acid groups (broad SMARTS) is 1. The topological polar surface area (TPSA) is 221 Å². The Hall–Kier alpha value is -0.534. The van der Waals surface area contributed by atoms with E-state index in [0.717, 1.165) is 0 Å². The van der Waals surface area contributed by atoms with Crippen molar-refractivity contribution in [1.82, 2.24) is 15.0 Å². The maximum absolute atomic E-state index is 9.53. The van der Waals surface area contributed by atoms with Crippen molar-refractivity contribution in [2.75, 3.05) is 17.2 Å². The minimum absolute atomic E-state index is 0. The molecule has 18 heavy (non-hydrogen) atoms. The van der Waals surface area contributed by atoms with E-state index in [4.69, 9.17) is 32.1 Å². The van der Waals surface area contributed by atoms with E-state index in [1.54, 1.807) is 0 Å². The van der Waals surface area contributed by atoms with E-state index in [1.807, 2.05) is 0 Å². The SMILES string of the molecule is Nc1nc(N)nc(N)n1.O=C(O)OP(=O)(O)O.[KH]. The molecule has 9 N–H and O–H groups in total. The van der Waals surface area contributed by atoms with Crippen molar-refractivity contribution in [2.24, 2.45) is 0 Å². The van der Waals surface area contributed by atoms with Crippen LogP contribution in [0.5, 0.6) is 0 Å². The number of carbonyl (C=O) groups is 1. The van der Waals surface area contributed by atoms with Crippen LogP contribution in [0.1, 0.15) is 0 Å². The number of aromatic nitrogens is 3. The van der Waals surface area contributed by atoms with Crippen LogP contribution in [0.25, 0.3) is 0 Å². The van der Waals surface area contributed by atoms with Crippen LogP contribution >= 0.6 is 7.82 Å². The van der Waals surface area contributed by atoms with Crippen LogP contribution in [0.2, 0.25) is 0 Å². The number of nitrogens with zero attached hydrogens (tertiary/aromatic N) is 3. The van der Waals surface area contributed by atoms with Gasteiger partial charge in [-0.25, -0.2) is 9.36 Å². The fourth-order valence-corrected chi connectivity index (χ4v) is 0.732. The van der Waals surface area contributed by atoms with Crippen molar-refractivity contribution in [3.63, 3.8) is 0 Å². The van der Waals surface area contributed by atoms with Gasteiger partial charge in [0.1, 0.15) is 0 Å². The van der Waals surface area contributed by atoms with Crippen molar-refractivity contribution in [3.8, 4) is 0 Å². The summed E-state index contributed by atoms with van der Waals surface area (Å²) in [4.78, 5) is 35.2. The molecule has 1 rings (SSSR count). The average Bonchev–Trinajstić information content (AvgIpc) is 1.95. The number of rotatable bonds is 1. The second-order valence-electron chi connectivity index (χ2n) is 2.26. The fraction of sp³-hybridized carbons (Fsp3) is 0. The van der Waals surface area contributed by atoms with Crippen LogP contribution in [0.15, 0.2) is 0 Å². The molecule has 0 amide bonds. The van der Waals surface area contributed by atoms with E-state index in [2.05, 4.69) is 19.5 Å². The molecule has 0 bridgehead atoms. The molecule has 12 nitrogen and oxygen atoms in total. The van der Waals surface area contributed by atoms with Gasteiger partial charge in [-0.15, -0.1) is 0 Å². The molecule has 0 fully saturated rings. The van der Waals surface area contributed by atoms with Gasteiger partial charge >= 0.3 is 65.4 Å². The standard InChI is InChI=1S/C3H6N6.CH3O6P.K.H/c4-1-7-2(5)9-3(6)8-1;2-1(3)7-8(4,5)6;;/h(H6,4,5,6,7,8,9);(H,2,3)(H2,4,5,6);;. The van der Waals surface area contributed by atoms with Gasteiger partial charge in [0.05, 0.1) is 0 Å². The molecule has 0 spiro atoms. The van der Waals surface area contributed by atoms with Gasteiger partial charge in [-0.05, 0) is 0 Å². The molecule has 0 saturated heterocycles. The predicted octanol–water partition coefficient (Wildman–Crippen LogP) is -2.26. The number of phosphoric acid groups is 1. The summed E-state index contributed by atoms with van der Waals surface area (Å²) in [6.07, 6.45) is -1.99. The average molecular weight is 308 g/mol. The number of anilines is 3. The van der Waals surface area contributed by atoms with Crippen molar-refractivity contribution < 1.29 is 28.8 Å². The van der Waals surface area contributed by atoms with Gasteiger partial charge in [-0.1, -0.05) is 0 Å². The molecule has 0 aromatic carbocycles. The molecule has 1 aromatic rings. The summed E-state index contributed by atoms with van der Waals surface area (Å²) < 4.78 is 12.6. The predicted molar refractivity (Wildman–Crippen MR) is 61.4 cm³/mol. The third-order valence-corrected chi connectivity index (χ3v) is 1.28. The minimum atomic E-state index is -4.82. The Morgan fingerprint density at radius 2 is 1.33 bits per heavy atom. The third-order valence-electron chi connectivity index (χ3n) is 0.884. The van der Waals surface area contributed by atoms with E-state index in [1.165, 1.54) is 0 Å². The van der Waals surface area contributed by atoms with Gasteiger partial charge in [0.2, 0.25) is 17.8 Å². The molecule has 1 heterocycles. The number of hydrogen-bond donors (Lipinski definition) is 6. The monoisotopic (exact) mass is 308 g/mol. The molecule has 0 aliphatic rings. The molecule has 1 aromatic heterocycles. The van der Waals surface area contributed by atoms with E-state index in [-0.39, 0.29) is 69.2 Å². The van der Waals surface area contributed by atoms with Crippen LogP contribution in [-0.2, 0) is 9.09 Å². The molecule has 0 saturated carbocycles. The Bertz CT molecular complexity index is 401. The van der Waals surface area contributed by atoms with Crippen LogP contribution in [-0.4, -0.2) is 87.4 Å². The number of hydrogen-bond acceptors (Lipinski definition) is 9. The van der Waals surface area contributed by atoms with E-state index in [0.29, 0.717) is 0 Å². The molecule has 0 atom stereocenters. The number of nitrogens with two attached hydrogens (primary N) is 3. The second-order valence-corrected chi connectivity index (χ2v) is 3.42. The molecule has 14 heteroatoms. The summed E-state index contributed by atoms with van der Waals surface area (Å²) in [5.41, 5.74) is 15.4. The van der Waals surface area contributed by atoms with E-state index < -0.39 is 14.0 Å². The Balaban J connectivity index is 0. The quantitative estimate of drug-likeness (QED) is 0.239. The first-order valence-electron chi connectivity index (χ1n) is 3.60. The van der Waals surface area contributed by atoms with Crippen LogP contribution in [0, 0.1) is 0 Å². The summed E-state index contributed by atoms with van der Waals surface area (Å²) in [5.74, 6) is 0.125. The first-order valence-corrected chi connectivity index (χ1v) is 5.13. The summed E-state index contributed by atoms with van der Waals surface area (Å²) in [7, 11) is -4.82. The third kappa shape index (κ3) is 11.9. The molecule has 0 radical (unpaired) electrons. The van der Waals surface area contributed by atoms with Gasteiger partial charge < -0.3 is 26.8 Å². The molecule has 98 valence electrons. The van der Waals surface area contributed by atoms with Crippen LogP contribution in [0.4, 0.5) is 22.6 Å². The maximum atomic E-state index is 9.53. The molecule has 0 aliphatic carbocycles. The summed E-state index contributed by atoms with van der Waals surface area (Å²) >= 11 is 0. The van der Waals surface area contributed by atoms with Crippen molar-refractivity contribution >= 4 is 83.2 Å². The summed E-state index contributed by atoms with van der Waals surface area (Å²) in [5, 5.41) is 7.53. The Morgan fingerprint density at radius 1 is 1.06 bits per heavy atom. The zero-order chi connectivity index (χ0) is 13.6. The number of nitrogen functional groups attached to an aromatic ring is 3. The van der Waals surface area contributed by atoms with Crippen LogP contribution < -0.4 is 17.2 Å². The molecule has 0 aliphatic heterocycles. The van der Waals surface area contributed by atoms with Gasteiger partial charge in [-0.3, -0.25) is 9.79 Å². The second kappa shape index (κ2) is 8.55. The zero-order valence-electron chi connectivity index (χ0n) is 8.09. The first-order chi connectivity index (χ1) is 7.60. The van der Waals surface area contributed by atoms with Crippen LogP contribution in [0.3, 0.4) is 0 Å². The van der Waals surface area contributed by atoms with Gasteiger partial charge in [0.25, 0.3) is 0 Å².